The number of para-hydroxylation sites is 1. The Balaban J connectivity index is 1.49. The van der Waals surface area contributed by atoms with E-state index in [0.29, 0.717) is 25.3 Å². The minimum atomic E-state index is -4.34. The fourth-order valence-electron chi connectivity index (χ4n) is 4.49. The summed E-state index contributed by atoms with van der Waals surface area (Å²) in [6, 6.07) is 13.6. The van der Waals surface area contributed by atoms with Crippen molar-refractivity contribution in [3.05, 3.63) is 77.5 Å². The number of fused-ring (bicyclic) bond motifs is 1. The van der Waals surface area contributed by atoms with E-state index in [0.717, 1.165) is 41.8 Å². The first-order valence-electron chi connectivity index (χ1n) is 10.1. The van der Waals surface area contributed by atoms with Crippen molar-refractivity contribution in [1.82, 2.24) is 4.57 Å². The maximum absolute atomic E-state index is 13.1. The predicted molar refractivity (Wildman–Crippen MR) is 109 cm³/mol. The third-order valence-electron chi connectivity index (χ3n) is 5.99. The molecule has 0 N–H and O–H groups in total. The quantitative estimate of drug-likeness (QED) is 0.524. The van der Waals surface area contributed by atoms with Gasteiger partial charge in [-0.1, -0.05) is 36.4 Å². The van der Waals surface area contributed by atoms with Crippen LogP contribution in [0.25, 0.3) is 16.5 Å². The van der Waals surface area contributed by atoms with E-state index < -0.39 is 17.5 Å². The van der Waals surface area contributed by atoms with Gasteiger partial charge < -0.3 is 14.0 Å². The van der Waals surface area contributed by atoms with Crippen LogP contribution in [0.15, 0.2) is 60.8 Å². The summed E-state index contributed by atoms with van der Waals surface area (Å²) in [5.41, 5.74) is 3.39. The minimum Gasteiger partial charge on any atom is -0.347 e. The number of ether oxygens (including phenoxy) is 2. The van der Waals surface area contributed by atoms with Gasteiger partial charge in [0.1, 0.15) is 0 Å². The molecular weight excluding hydrogens is 391 g/mol. The monoisotopic (exact) mass is 413 g/mol. The van der Waals surface area contributed by atoms with Crippen LogP contribution in [0.2, 0.25) is 0 Å². The molecule has 1 aliphatic carbocycles. The van der Waals surface area contributed by atoms with Crippen molar-refractivity contribution in [2.45, 2.75) is 37.8 Å². The Morgan fingerprint density at radius 1 is 1.00 bits per heavy atom. The lowest BCUT2D eigenvalue weighted by Crippen LogP contribution is -2.31. The van der Waals surface area contributed by atoms with Gasteiger partial charge in [-0.3, -0.25) is 0 Å². The van der Waals surface area contributed by atoms with Crippen molar-refractivity contribution < 1.29 is 22.6 Å². The number of hydrogen-bond acceptors (Lipinski definition) is 2. The summed E-state index contributed by atoms with van der Waals surface area (Å²) in [4.78, 5) is 0. The van der Waals surface area contributed by atoms with Crippen molar-refractivity contribution in [3.63, 3.8) is 0 Å². The first-order chi connectivity index (χ1) is 14.4. The van der Waals surface area contributed by atoms with Crippen molar-refractivity contribution in [2.75, 3.05) is 13.2 Å². The van der Waals surface area contributed by atoms with Gasteiger partial charge in [-0.05, 0) is 35.8 Å². The van der Waals surface area contributed by atoms with E-state index in [1.807, 2.05) is 22.8 Å². The molecule has 2 aliphatic rings. The topological polar surface area (TPSA) is 23.4 Å². The second kappa shape index (κ2) is 7.29. The molecule has 2 heterocycles. The van der Waals surface area contributed by atoms with Crippen LogP contribution in [0.3, 0.4) is 0 Å². The fraction of sp³-hybridized carbons (Fsp3) is 0.333. The van der Waals surface area contributed by atoms with Crippen LogP contribution in [0, 0.1) is 0 Å². The van der Waals surface area contributed by atoms with Crippen LogP contribution < -0.4 is 0 Å². The molecule has 1 saturated heterocycles. The first-order valence-corrected chi connectivity index (χ1v) is 10.1. The third-order valence-corrected chi connectivity index (χ3v) is 5.99. The number of benzene rings is 2. The highest BCUT2D eigenvalue weighted by Crippen LogP contribution is 2.40. The number of allylic oxidation sites excluding steroid dienone is 1. The van der Waals surface area contributed by atoms with Crippen LogP contribution in [0.4, 0.5) is 13.2 Å². The maximum atomic E-state index is 13.1. The standard InChI is InChI=1S/C24H22F3NO2/c25-24(26,27)19-5-3-4-17(14-19)15-28-16-21(20-6-1-2-7-22(20)28)18-8-10-23(11-9-18)29-12-13-30-23/h1-8,14,16H,9-13,15H2. The van der Waals surface area contributed by atoms with Crippen molar-refractivity contribution in [3.8, 4) is 0 Å². The molecule has 3 nitrogen and oxygen atoms in total. The van der Waals surface area contributed by atoms with Gasteiger partial charge in [0.05, 0.1) is 18.8 Å². The van der Waals surface area contributed by atoms with Crippen molar-refractivity contribution >= 4 is 16.5 Å². The Morgan fingerprint density at radius 3 is 2.53 bits per heavy atom. The van der Waals surface area contributed by atoms with E-state index in [-0.39, 0.29) is 0 Å². The van der Waals surface area contributed by atoms with E-state index in [9.17, 15) is 13.2 Å². The summed E-state index contributed by atoms with van der Waals surface area (Å²) >= 11 is 0. The molecule has 0 unspecified atom stereocenters. The highest BCUT2D eigenvalue weighted by molar-refractivity contribution is 5.93. The van der Waals surface area contributed by atoms with Gasteiger partial charge in [0, 0.05) is 42.0 Å². The molecule has 1 aliphatic heterocycles. The van der Waals surface area contributed by atoms with Gasteiger partial charge >= 0.3 is 6.18 Å². The zero-order valence-electron chi connectivity index (χ0n) is 16.4. The molecule has 0 saturated carbocycles. The molecule has 1 spiro atoms. The Bertz CT molecular complexity index is 1110. The number of alkyl halides is 3. The molecule has 0 amide bonds. The van der Waals surface area contributed by atoms with E-state index in [1.54, 1.807) is 6.07 Å². The van der Waals surface area contributed by atoms with Gasteiger partial charge in [0.2, 0.25) is 0 Å². The Morgan fingerprint density at radius 2 is 1.80 bits per heavy atom. The average Bonchev–Trinajstić information content (AvgIpc) is 3.34. The summed E-state index contributed by atoms with van der Waals surface area (Å²) in [7, 11) is 0. The Labute approximate surface area is 172 Å². The van der Waals surface area contributed by atoms with E-state index in [4.69, 9.17) is 9.47 Å². The summed E-state index contributed by atoms with van der Waals surface area (Å²) in [6.45, 7) is 1.66. The van der Waals surface area contributed by atoms with E-state index >= 15 is 0 Å². The predicted octanol–water partition coefficient (Wildman–Crippen LogP) is 6.02. The number of hydrogen-bond donors (Lipinski definition) is 0. The number of nitrogens with zero attached hydrogens (tertiary/aromatic N) is 1. The highest BCUT2D eigenvalue weighted by atomic mass is 19.4. The lowest BCUT2D eigenvalue weighted by Gasteiger charge is -2.30. The second-order valence-corrected chi connectivity index (χ2v) is 7.93. The molecule has 6 heteroatoms. The van der Waals surface area contributed by atoms with Crippen LogP contribution >= 0.6 is 0 Å². The van der Waals surface area contributed by atoms with Crippen LogP contribution in [-0.2, 0) is 22.2 Å². The molecule has 30 heavy (non-hydrogen) atoms. The molecule has 0 atom stereocenters. The summed E-state index contributed by atoms with van der Waals surface area (Å²) < 4.78 is 53.0. The SMILES string of the molecule is FC(F)(F)c1cccc(Cn2cc(C3=CCC4(CC3)OCCO4)c3ccccc32)c1. The lowest BCUT2D eigenvalue weighted by molar-refractivity contribution is -0.159. The van der Waals surface area contributed by atoms with Crippen molar-refractivity contribution in [2.24, 2.45) is 0 Å². The van der Waals surface area contributed by atoms with E-state index in [2.05, 4.69) is 18.3 Å². The molecular formula is C24H22F3NO2. The first kappa shape index (κ1) is 19.4. The average molecular weight is 413 g/mol. The van der Waals surface area contributed by atoms with Crippen LogP contribution in [-0.4, -0.2) is 23.6 Å². The van der Waals surface area contributed by atoms with Crippen molar-refractivity contribution in [1.29, 1.82) is 0 Å². The van der Waals surface area contributed by atoms with E-state index in [1.165, 1.54) is 17.7 Å². The largest absolute Gasteiger partial charge is 0.416 e. The van der Waals surface area contributed by atoms with Gasteiger partial charge in [0.15, 0.2) is 5.79 Å². The number of halogens is 3. The molecule has 5 rings (SSSR count). The zero-order valence-corrected chi connectivity index (χ0v) is 16.4. The molecule has 0 radical (unpaired) electrons. The number of aromatic nitrogens is 1. The maximum Gasteiger partial charge on any atom is 0.416 e. The highest BCUT2D eigenvalue weighted by Gasteiger charge is 2.38. The summed E-state index contributed by atoms with van der Waals surface area (Å²) in [5.74, 6) is -0.472. The molecule has 3 aromatic rings. The smallest absolute Gasteiger partial charge is 0.347 e. The second-order valence-electron chi connectivity index (χ2n) is 7.93. The van der Waals surface area contributed by atoms with Gasteiger partial charge in [0.25, 0.3) is 0 Å². The third kappa shape index (κ3) is 3.55. The van der Waals surface area contributed by atoms with Gasteiger partial charge in [-0.2, -0.15) is 13.2 Å². The lowest BCUT2D eigenvalue weighted by atomic mass is 9.90. The van der Waals surface area contributed by atoms with Crippen LogP contribution in [0.1, 0.15) is 36.0 Å². The molecule has 2 aromatic carbocycles. The Hall–Kier alpha value is -2.57. The molecule has 156 valence electrons. The Kier molecular flexibility index (Phi) is 4.71. The summed E-state index contributed by atoms with van der Waals surface area (Å²) in [6.07, 6.45) is 2.28. The number of rotatable bonds is 3. The zero-order chi connectivity index (χ0) is 20.8. The minimum absolute atomic E-state index is 0.383. The summed E-state index contributed by atoms with van der Waals surface area (Å²) in [5, 5.41) is 1.11. The normalized spacial score (nSPS) is 18.8. The van der Waals surface area contributed by atoms with Gasteiger partial charge in [-0.15, -0.1) is 0 Å². The van der Waals surface area contributed by atoms with Crippen LogP contribution in [0.5, 0.6) is 0 Å². The molecule has 1 fully saturated rings. The molecule has 0 bridgehead atoms. The molecule has 1 aromatic heterocycles. The fourth-order valence-corrected chi connectivity index (χ4v) is 4.49. The van der Waals surface area contributed by atoms with Gasteiger partial charge in [-0.25, -0.2) is 0 Å².